The van der Waals surface area contributed by atoms with E-state index in [0.717, 1.165) is 17.1 Å². The zero-order chi connectivity index (χ0) is 13.0. The van der Waals surface area contributed by atoms with Crippen LogP contribution in [0.5, 0.6) is 11.5 Å². The molecular formula is C13H17NO4. The highest BCUT2D eigenvalue weighted by molar-refractivity contribution is 5.69. The van der Waals surface area contributed by atoms with Gasteiger partial charge in [0.2, 0.25) is 0 Å². The SMILES string of the molecule is CC(CNCc1ccc2c(c1)OCCO2)C(=O)O. The third-order valence-corrected chi connectivity index (χ3v) is 2.81. The van der Waals surface area contributed by atoms with Crippen LogP contribution in [0.1, 0.15) is 12.5 Å². The van der Waals surface area contributed by atoms with Crippen LogP contribution in [0.4, 0.5) is 0 Å². The van der Waals surface area contributed by atoms with Gasteiger partial charge in [-0.1, -0.05) is 13.0 Å². The molecule has 1 atom stereocenters. The third-order valence-electron chi connectivity index (χ3n) is 2.81. The number of carbonyl (C=O) groups is 1. The maximum absolute atomic E-state index is 10.7. The molecule has 1 aliphatic rings. The van der Waals surface area contributed by atoms with Gasteiger partial charge in [-0.15, -0.1) is 0 Å². The standard InChI is InChI=1S/C13H17NO4/c1-9(13(15)16)7-14-8-10-2-3-11-12(6-10)18-5-4-17-11/h2-3,6,9,14H,4-5,7-8H2,1H3,(H,15,16). The molecule has 1 aromatic carbocycles. The first-order valence-corrected chi connectivity index (χ1v) is 5.99. The number of fused-ring (bicyclic) bond motifs is 1. The van der Waals surface area contributed by atoms with Gasteiger partial charge in [-0.05, 0) is 17.7 Å². The maximum Gasteiger partial charge on any atom is 0.307 e. The molecule has 5 nitrogen and oxygen atoms in total. The van der Waals surface area contributed by atoms with E-state index in [0.29, 0.717) is 26.3 Å². The van der Waals surface area contributed by atoms with Crippen LogP contribution in [0.15, 0.2) is 18.2 Å². The van der Waals surface area contributed by atoms with Crippen LogP contribution in [0, 0.1) is 5.92 Å². The molecule has 0 fully saturated rings. The van der Waals surface area contributed by atoms with Gasteiger partial charge in [-0.25, -0.2) is 0 Å². The molecule has 1 aromatic rings. The van der Waals surface area contributed by atoms with E-state index in [1.807, 2.05) is 18.2 Å². The smallest absolute Gasteiger partial charge is 0.307 e. The highest BCUT2D eigenvalue weighted by Crippen LogP contribution is 2.30. The topological polar surface area (TPSA) is 67.8 Å². The minimum atomic E-state index is -0.787. The highest BCUT2D eigenvalue weighted by Gasteiger charge is 2.12. The predicted molar refractivity (Wildman–Crippen MR) is 65.9 cm³/mol. The molecule has 0 aromatic heterocycles. The van der Waals surface area contributed by atoms with Gasteiger partial charge in [0, 0.05) is 13.1 Å². The number of benzene rings is 1. The van der Waals surface area contributed by atoms with Crippen LogP contribution in [0.3, 0.4) is 0 Å². The summed E-state index contributed by atoms with van der Waals surface area (Å²) in [4.78, 5) is 10.7. The van der Waals surface area contributed by atoms with Crippen molar-refractivity contribution in [3.63, 3.8) is 0 Å². The number of rotatable bonds is 5. The van der Waals surface area contributed by atoms with Gasteiger partial charge in [0.25, 0.3) is 0 Å². The van der Waals surface area contributed by atoms with Gasteiger partial charge in [0.1, 0.15) is 13.2 Å². The van der Waals surface area contributed by atoms with Gasteiger partial charge in [0.15, 0.2) is 11.5 Å². The van der Waals surface area contributed by atoms with E-state index in [1.165, 1.54) is 0 Å². The lowest BCUT2D eigenvalue weighted by molar-refractivity contribution is -0.140. The molecule has 1 unspecified atom stereocenters. The van der Waals surface area contributed by atoms with Gasteiger partial charge in [0.05, 0.1) is 5.92 Å². The minimum Gasteiger partial charge on any atom is -0.486 e. The Bertz CT molecular complexity index is 433. The van der Waals surface area contributed by atoms with E-state index in [4.69, 9.17) is 14.6 Å². The monoisotopic (exact) mass is 251 g/mol. The van der Waals surface area contributed by atoms with E-state index in [2.05, 4.69) is 5.32 Å². The van der Waals surface area contributed by atoms with Crippen molar-refractivity contribution in [1.82, 2.24) is 5.32 Å². The van der Waals surface area contributed by atoms with Crippen molar-refractivity contribution in [2.24, 2.45) is 5.92 Å². The molecule has 0 aliphatic carbocycles. The van der Waals surface area contributed by atoms with Crippen molar-refractivity contribution in [2.75, 3.05) is 19.8 Å². The number of aliphatic carboxylic acids is 1. The lowest BCUT2D eigenvalue weighted by Gasteiger charge is -2.19. The Hall–Kier alpha value is -1.75. The molecule has 0 amide bonds. The van der Waals surface area contributed by atoms with E-state index < -0.39 is 5.97 Å². The van der Waals surface area contributed by atoms with E-state index in [-0.39, 0.29) is 5.92 Å². The summed E-state index contributed by atoms with van der Waals surface area (Å²) in [7, 11) is 0. The zero-order valence-corrected chi connectivity index (χ0v) is 10.3. The molecule has 5 heteroatoms. The van der Waals surface area contributed by atoms with Crippen LogP contribution in [0.2, 0.25) is 0 Å². The summed E-state index contributed by atoms with van der Waals surface area (Å²) in [6.45, 7) is 3.90. The molecule has 1 heterocycles. The van der Waals surface area contributed by atoms with E-state index in [1.54, 1.807) is 6.92 Å². The Morgan fingerprint density at radius 2 is 2.11 bits per heavy atom. The summed E-state index contributed by atoms with van der Waals surface area (Å²) in [6, 6.07) is 5.75. The molecule has 0 radical (unpaired) electrons. The Morgan fingerprint density at radius 3 is 2.83 bits per heavy atom. The van der Waals surface area contributed by atoms with Crippen molar-refractivity contribution in [2.45, 2.75) is 13.5 Å². The number of carboxylic acid groups (broad SMARTS) is 1. The predicted octanol–water partition coefficient (Wildman–Crippen LogP) is 1.27. The Balaban J connectivity index is 1.88. The lowest BCUT2D eigenvalue weighted by atomic mass is 10.1. The molecule has 0 bridgehead atoms. The van der Waals surface area contributed by atoms with E-state index >= 15 is 0 Å². The largest absolute Gasteiger partial charge is 0.486 e. The second-order valence-electron chi connectivity index (χ2n) is 4.35. The Kier molecular flexibility index (Phi) is 4.04. The molecule has 2 rings (SSSR count). The van der Waals surface area contributed by atoms with Crippen LogP contribution in [-0.4, -0.2) is 30.8 Å². The zero-order valence-electron chi connectivity index (χ0n) is 10.3. The van der Waals surface area contributed by atoms with Crippen molar-refractivity contribution in [1.29, 1.82) is 0 Å². The van der Waals surface area contributed by atoms with Crippen molar-refractivity contribution in [3.05, 3.63) is 23.8 Å². The minimum absolute atomic E-state index is 0.387. The van der Waals surface area contributed by atoms with Gasteiger partial charge in [-0.2, -0.15) is 0 Å². The number of carboxylic acids is 1. The molecule has 98 valence electrons. The van der Waals surface area contributed by atoms with Gasteiger partial charge in [-0.3, -0.25) is 4.79 Å². The Morgan fingerprint density at radius 1 is 1.39 bits per heavy atom. The second kappa shape index (κ2) is 5.73. The number of hydrogen-bond donors (Lipinski definition) is 2. The molecule has 1 aliphatic heterocycles. The van der Waals surface area contributed by atoms with Crippen molar-refractivity contribution >= 4 is 5.97 Å². The van der Waals surface area contributed by atoms with Crippen LogP contribution in [-0.2, 0) is 11.3 Å². The highest BCUT2D eigenvalue weighted by atomic mass is 16.6. The van der Waals surface area contributed by atoms with Crippen LogP contribution < -0.4 is 14.8 Å². The summed E-state index contributed by atoms with van der Waals surface area (Å²) in [5.74, 6) is 0.350. The first-order chi connectivity index (χ1) is 8.66. The average molecular weight is 251 g/mol. The quantitative estimate of drug-likeness (QED) is 0.824. The number of nitrogens with one attached hydrogen (secondary N) is 1. The fraction of sp³-hybridized carbons (Fsp3) is 0.462. The fourth-order valence-electron chi connectivity index (χ4n) is 1.72. The molecule has 0 saturated heterocycles. The first-order valence-electron chi connectivity index (χ1n) is 5.99. The number of ether oxygens (including phenoxy) is 2. The summed E-state index contributed by atoms with van der Waals surface area (Å²) >= 11 is 0. The molecule has 18 heavy (non-hydrogen) atoms. The summed E-state index contributed by atoms with van der Waals surface area (Å²) in [5, 5.41) is 11.9. The molecule has 2 N–H and O–H groups in total. The Labute approximate surface area is 106 Å². The molecule has 0 spiro atoms. The van der Waals surface area contributed by atoms with Crippen molar-refractivity contribution < 1.29 is 19.4 Å². The van der Waals surface area contributed by atoms with Gasteiger partial charge < -0.3 is 19.9 Å². The number of hydrogen-bond acceptors (Lipinski definition) is 4. The summed E-state index contributed by atoms with van der Waals surface area (Å²) < 4.78 is 10.9. The van der Waals surface area contributed by atoms with Crippen LogP contribution >= 0.6 is 0 Å². The van der Waals surface area contributed by atoms with Crippen molar-refractivity contribution in [3.8, 4) is 11.5 Å². The lowest BCUT2D eigenvalue weighted by Crippen LogP contribution is -2.26. The van der Waals surface area contributed by atoms with E-state index in [9.17, 15) is 4.79 Å². The second-order valence-corrected chi connectivity index (χ2v) is 4.35. The maximum atomic E-state index is 10.7. The normalized spacial score (nSPS) is 15.2. The molecular weight excluding hydrogens is 234 g/mol. The average Bonchev–Trinajstić information content (AvgIpc) is 2.38. The van der Waals surface area contributed by atoms with Gasteiger partial charge >= 0.3 is 5.97 Å². The fourth-order valence-corrected chi connectivity index (χ4v) is 1.72. The summed E-state index contributed by atoms with van der Waals surface area (Å²) in [5.41, 5.74) is 1.05. The van der Waals surface area contributed by atoms with Crippen LogP contribution in [0.25, 0.3) is 0 Å². The third kappa shape index (κ3) is 3.13. The first kappa shape index (κ1) is 12.7. The molecule has 0 saturated carbocycles. The summed E-state index contributed by atoms with van der Waals surface area (Å²) in [6.07, 6.45) is 0.